The Hall–Kier alpha value is -1.15. The summed E-state index contributed by atoms with van der Waals surface area (Å²) < 4.78 is 0. The molecular weight excluding hydrogens is 236 g/mol. The number of aliphatic hydroxyl groups is 1. The van der Waals surface area contributed by atoms with Crippen molar-refractivity contribution in [3.63, 3.8) is 0 Å². The zero-order valence-electron chi connectivity index (χ0n) is 11.1. The van der Waals surface area contributed by atoms with Crippen LogP contribution in [0.5, 0.6) is 0 Å². The van der Waals surface area contributed by atoms with Crippen molar-refractivity contribution >= 4 is 6.29 Å². The van der Waals surface area contributed by atoms with Crippen LogP contribution in [0.2, 0.25) is 0 Å². The number of carbonyl (C=O) groups is 1. The van der Waals surface area contributed by atoms with E-state index in [-0.39, 0.29) is 11.5 Å². The van der Waals surface area contributed by atoms with Crippen LogP contribution in [0.15, 0.2) is 24.3 Å². The molecule has 4 fully saturated rings. The number of aliphatic hydroxyl groups excluding tert-OH is 1. The second-order valence-electron chi connectivity index (χ2n) is 6.91. The highest BCUT2D eigenvalue weighted by Gasteiger charge is 2.57. The zero-order chi connectivity index (χ0) is 13.0. The predicted octanol–water partition coefficient (Wildman–Crippen LogP) is 2.94. The van der Waals surface area contributed by atoms with Gasteiger partial charge in [-0.2, -0.15) is 0 Å². The lowest BCUT2D eigenvalue weighted by Gasteiger charge is -2.60. The monoisotopic (exact) mass is 256 g/mol. The number of benzene rings is 1. The minimum absolute atomic E-state index is 0.133. The Morgan fingerprint density at radius 1 is 1.11 bits per heavy atom. The van der Waals surface area contributed by atoms with Crippen LogP contribution in [0.3, 0.4) is 0 Å². The highest BCUT2D eigenvalue weighted by Crippen LogP contribution is 2.61. The van der Waals surface area contributed by atoms with Crippen molar-refractivity contribution in [2.24, 2.45) is 17.8 Å². The van der Waals surface area contributed by atoms with Crippen molar-refractivity contribution in [3.05, 3.63) is 35.4 Å². The molecule has 1 aromatic carbocycles. The van der Waals surface area contributed by atoms with Gasteiger partial charge in [0.25, 0.3) is 0 Å². The van der Waals surface area contributed by atoms with Crippen LogP contribution in [0.25, 0.3) is 0 Å². The first kappa shape index (κ1) is 11.7. The smallest absolute Gasteiger partial charge is 0.150 e. The second-order valence-corrected chi connectivity index (χ2v) is 6.91. The predicted molar refractivity (Wildman–Crippen MR) is 73.1 cm³/mol. The Morgan fingerprint density at radius 2 is 1.79 bits per heavy atom. The van der Waals surface area contributed by atoms with Gasteiger partial charge in [0, 0.05) is 11.0 Å². The van der Waals surface area contributed by atoms with Crippen LogP contribution in [0.4, 0.5) is 0 Å². The molecule has 2 heteroatoms. The van der Waals surface area contributed by atoms with Crippen LogP contribution in [0.1, 0.15) is 48.0 Å². The van der Waals surface area contributed by atoms with E-state index in [2.05, 4.69) is 6.07 Å². The molecule has 0 radical (unpaired) electrons. The van der Waals surface area contributed by atoms with E-state index >= 15 is 0 Å². The highest BCUT2D eigenvalue weighted by atomic mass is 16.3. The van der Waals surface area contributed by atoms with Crippen molar-refractivity contribution in [1.82, 2.24) is 0 Å². The topological polar surface area (TPSA) is 37.3 Å². The lowest BCUT2D eigenvalue weighted by molar-refractivity contribution is -0.114. The molecular formula is C17H20O2. The van der Waals surface area contributed by atoms with E-state index in [0.29, 0.717) is 5.92 Å². The Kier molecular flexibility index (Phi) is 2.41. The van der Waals surface area contributed by atoms with Gasteiger partial charge in [0.2, 0.25) is 0 Å². The summed E-state index contributed by atoms with van der Waals surface area (Å²) in [6.45, 7) is 0. The minimum Gasteiger partial charge on any atom is -0.392 e. The maximum Gasteiger partial charge on any atom is 0.150 e. The van der Waals surface area contributed by atoms with Gasteiger partial charge in [-0.3, -0.25) is 4.79 Å². The first-order valence-corrected chi connectivity index (χ1v) is 7.46. The molecule has 4 saturated carbocycles. The van der Waals surface area contributed by atoms with Gasteiger partial charge in [-0.05, 0) is 55.4 Å². The lowest BCUT2D eigenvalue weighted by Crippen LogP contribution is -2.58. The normalized spacial score (nSPS) is 43.4. The molecule has 1 aromatic rings. The summed E-state index contributed by atoms with van der Waals surface area (Å²) in [5.74, 6) is 1.99. The molecule has 2 nitrogen and oxygen atoms in total. The van der Waals surface area contributed by atoms with E-state index in [1.807, 2.05) is 18.2 Å². The fourth-order valence-electron chi connectivity index (χ4n) is 5.45. The van der Waals surface area contributed by atoms with Crippen molar-refractivity contribution in [2.75, 3.05) is 0 Å². The lowest BCUT2D eigenvalue weighted by atomic mass is 9.46. The summed E-state index contributed by atoms with van der Waals surface area (Å²) >= 11 is 0. The van der Waals surface area contributed by atoms with E-state index in [1.54, 1.807) is 0 Å². The average Bonchev–Trinajstić information content (AvgIpc) is 2.43. The second kappa shape index (κ2) is 3.92. The molecule has 100 valence electrons. The summed E-state index contributed by atoms with van der Waals surface area (Å²) in [4.78, 5) is 11.3. The van der Waals surface area contributed by atoms with Crippen molar-refractivity contribution in [1.29, 1.82) is 0 Å². The summed E-state index contributed by atoms with van der Waals surface area (Å²) in [5.41, 5.74) is 1.76. The molecule has 0 aromatic heterocycles. The molecule has 1 N–H and O–H groups in total. The van der Waals surface area contributed by atoms with E-state index in [0.717, 1.165) is 42.1 Å². The molecule has 19 heavy (non-hydrogen) atoms. The molecule has 3 unspecified atom stereocenters. The average molecular weight is 256 g/mol. The van der Waals surface area contributed by atoms with Crippen molar-refractivity contribution in [3.8, 4) is 0 Å². The van der Waals surface area contributed by atoms with Gasteiger partial charge in [-0.25, -0.2) is 0 Å². The van der Waals surface area contributed by atoms with E-state index in [4.69, 9.17) is 0 Å². The van der Waals surface area contributed by atoms with E-state index in [9.17, 15) is 9.90 Å². The Morgan fingerprint density at radius 3 is 2.47 bits per heavy atom. The summed E-state index contributed by atoms with van der Waals surface area (Å²) in [7, 11) is 0. The van der Waals surface area contributed by atoms with Gasteiger partial charge in [-0.15, -0.1) is 0 Å². The quantitative estimate of drug-likeness (QED) is 0.826. The zero-order valence-corrected chi connectivity index (χ0v) is 11.1. The Bertz CT molecular complexity index is 508. The number of hydrogen-bond donors (Lipinski definition) is 1. The highest BCUT2D eigenvalue weighted by molar-refractivity contribution is 5.78. The molecule has 0 spiro atoms. The third-order valence-electron chi connectivity index (χ3n) is 5.88. The Labute approximate surface area is 113 Å². The van der Waals surface area contributed by atoms with Crippen LogP contribution in [-0.2, 0) is 5.41 Å². The van der Waals surface area contributed by atoms with Gasteiger partial charge in [0.1, 0.15) is 6.29 Å². The third-order valence-corrected chi connectivity index (χ3v) is 5.88. The third kappa shape index (κ3) is 1.50. The standard InChI is InChI=1S/C17H20O2/c18-10-13-3-1-2-4-15(13)17-8-11-5-12(9-17)7-14(6-11)16(17)19/h1-4,10-12,14,16,19H,5-9H2. The maximum absolute atomic E-state index is 11.3. The first-order chi connectivity index (χ1) is 9.23. The fourth-order valence-corrected chi connectivity index (χ4v) is 5.45. The van der Waals surface area contributed by atoms with Gasteiger partial charge in [-0.1, -0.05) is 24.3 Å². The largest absolute Gasteiger partial charge is 0.392 e. The van der Waals surface area contributed by atoms with Crippen LogP contribution >= 0.6 is 0 Å². The van der Waals surface area contributed by atoms with Gasteiger partial charge >= 0.3 is 0 Å². The molecule has 0 amide bonds. The summed E-state index contributed by atoms with van der Waals surface area (Å²) in [6.07, 6.45) is 6.60. The van der Waals surface area contributed by atoms with Crippen LogP contribution in [0, 0.1) is 17.8 Å². The van der Waals surface area contributed by atoms with Crippen LogP contribution < -0.4 is 0 Å². The number of rotatable bonds is 2. The van der Waals surface area contributed by atoms with Gasteiger partial charge in [0.05, 0.1) is 6.10 Å². The SMILES string of the molecule is O=Cc1ccccc1C12CC3CC(CC(C3)C1O)C2. The van der Waals surface area contributed by atoms with E-state index in [1.165, 1.54) is 19.3 Å². The molecule has 5 rings (SSSR count). The van der Waals surface area contributed by atoms with Crippen LogP contribution in [-0.4, -0.2) is 17.5 Å². The Balaban J connectivity index is 1.86. The number of carbonyl (C=O) groups excluding carboxylic acids is 1. The number of hydrogen-bond acceptors (Lipinski definition) is 2. The van der Waals surface area contributed by atoms with Gasteiger partial charge in [0.15, 0.2) is 0 Å². The minimum atomic E-state index is -0.249. The molecule has 4 bridgehead atoms. The first-order valence-electron chi connectivity index (χ1n) is 7.46. The molecule has 4 aliphatic rings. The fraction of sp³-hybridized carbons (Fsp3) is 0.588. The van der Waals surface area contributed by atoms with E-state index < -0.39 is 0 Å². The molecule has 0 heterocycles. The summed E-state index contributed by atoms with van der Waals surface area (Å²) in [6, 6.07) is 7.89. The van der Waals surface area contributed by atoms with Crippen molar-refractivity contribution < 1.29 is 9.90 Å². The summed E-state index contributed by atoms with van der Waals surface area (Å²) in [5, 5.41) is 10.8. The molecule has 3 atom stereocenters. The molecule has 4 aliphatic carbocycles. The maximum atomic E-state index is 11.3. The molecule has 0 saturated heterocycles. The van der Waals surface area contributed by atoms with Crippen molar-refractivity contribution in [2.45, 2.75) is 43.6 Å². The molecule has 0 aliphatic heterocycles. The van der Waals surface area contributed by atoms with Gasteiger partial charge < -0.3 is 5.11 Å². The number of aldehydes is 1.